The van der Waals surface area contributed by atoms with Gasteiger partial charge < -0.3 is 10.6 Å². The van der Waals surface area contributed by atoms with E-state index in [1.54, 1.807) is 23.6 Å². The van der Waals surface area contributed by atoms with Gasteiger partial charge in [-0.25, -0.2) is 0 Å². The number of nitrogens with one attached hydrogen (secondary N) is 2. The molecule has 0 aliphatic rings. The maximum Gasteiger partial charge on any atom is 0.255 e. The number of anilines is 2. The van der Waals surface area contributed by atoms with Gasteiger partial charge in [0.05, 0.1) is 12.1 Å². The predicted molar refractivity (Wildman–Crippen MR) is 120 cm³/mol. The van der Waals surface area contributed by atoms with Gasteiger partial charge in [0.15, 0.2) is 0 Å². The Labute approximate surface area is 179 Å². The summed E-state index contributed by atoms with van der Waals surface area (Å²) in [4.78, 5) is 26.7. The predicted octanol–water partition coefficient (Wildman–Crippen LogP) is 4.50. The topological polar surface area (TPSA) is 85.2 Å². The van der Waals surface area contributed by atoms with Gasteiger partial charge >= 0.3 is 0 Å². The molecule has 6 nitrogen and oxygen atoms in total. The summed E-state index contributed by atoms with van der Waals surface area (Å²) in [6.07, 6.45) is 0. The minimum absolute atomic E-state index is 0.0527. The van der Waals surface area contributed by atoms with Crippen molar-refractivity contribution in [3.8, 4) is 6.07 Å². The van der Waals surface area contributed by atoms with Gasteiger partial charge in [0, 0.05) is 17.3 Å². The van der Waals surface area contributed by atoms with E-state index in [0.29, 0.717) is 21.8 Å². The summed E-state index contributed by atoms with van der Waals surface area (Å²) in [5.41, 5.74) is 2.73. The molecule has 0 radical (unpaired) electrons. The van der Waals surface area contributed by atoms with Gasteiger partial charge in [0.25, 0.3) is 5.91 Å². The number of rotatable bonds is 7. The molecule has 1 aromatic heterocycles. The second-order valence-corrected chi connectivity index (χ2v) is 7.78. The first kappa shape index (κ1) is 21.2. The van der Waals surface area contributed by atoms with Crippen LogP contribution in [0.2, 0.25) is 0 Å². The number of carbonyl (C=O) groups is 2. The summed E-state index contributed by atoms with van der Waals surface area (Å²) in [7, 11) is 1.86. The molecular weight excluding hydrogens is 396 g/mol. The average Bonchev–Trinajstić information content (AvgIpc) is 3.20. The number of hydrogen-bond donors (Lipinski definition) is 2. The van der Waals surface area contributed by atoms with E-state index in [-0.39, 0.29) is 24.4 Å². The van der Waals surface area contributed by atoms with Gasteiger partial charge in [0.2, 0.25) is 5.91 Å². The molecule has 0 bridgehead atoms. The van der Waals surface area contributed by atoms with Crippen molar-refractivity contribution < 1.29 is 9.59 Å². The molecule has 1 heterocycles. The molecule has 0 saturated carbocycles. The van der Waals surface area contributed by atoms with Crippen LogP contribution in [-0.4, -0.2) is 30.3 Å². The Morgan fingerprint density at radius 1 is 1.10 bits per heavy atom. The number of thiophene rings is 1. The van der Waals surface area contributed by atoms with E-state index < -0.39 is 0 Å². The van der Waals surface area contributed by atoms with Crippen molar-refractivity contribution in [1.82, 2.24) is 4.90 Å². The van der Waals surface area contributed by atoms with E-state index in [2.05, 4.69) is 16.7 Å². The van der Waals surface area contributed by atoms with E-state index in [0.717, 1.165) is 5.56 Å². The number of carbonyl (C=O) groups excluding carboxylic acids is 2. The number of hydrogen-bond acceptors (Lipinski definition) is 5. The Hall–Kier alpha value is -3.47. The Kier molecular flexibility index (Phi) is 6.96. The zero-order valence-corrected chi connectivity index (χ0v) is 17.6. The zero-order chi connectivity index (χ0) is 21.5. The largest absolute Gasteiger partial charge is 0.322 e. The quantitative estimate of drug-likeness (QED) is 0.591. The summed E-state index contributed by atoms with van der Waals surface area (Å²) in [6, 6.07) is 20.3. The number of likely N-dealkylation sites (N-methyl/N-ethyl adjacent to an activating group) is 1. The Balaban J connectivity index is 1.62. The zero-order valence-electron chi connectivity index (χ0n) is 16.8. The van der Waals surface area contributed by atoms with Crippen molar-refractivity contribution in [2.45, 2.75) is 13.0 Å². The fourth-order valence-corrected chi connectivity index (χ4v) is 3.70. The van der Waals surface area contributed by atoms with Crippen LogP contribution in [0.4, 0.5) is 10.7 Å². The molecule has 3 rings (SSSR count). The lowest BCUT2D eigenvalue weighted by Crippen LogP contribution is -2.32. The molecule has 152 valence electrons. The summed E-state index contributed by atoms with van der Waals surface area (Å²) in [5.74, 6) is -0.353. The fourth-order valence-electron chi connectivity index (χ4n) is 2.95. The first-order valence-corrected chi connectivity index (χ1v) is 10.3. The number of nitriles is 1. The third-order valence-electron chi connectivity index (χ3n) is 4.76. The Morgan fingerprint density at radius 3 is 2.60 bits per heavy atom. The van der Waals surface area contributed by atoms with E-state index >= 15 is 0 Å². The van der Waals surface area contributed by atoms with Gasteiger partial charge in [0.1, 0.15) is 11.1 Å². The van der Waals surface area contributed by atoms with Gasteiger partial charge in [-0.3, -0.25) is 14.5 Å². The van der Waals surface area contributed by atoms with Crippen molar-refractivity contribution in [2.75, 3.05) is 24.2 Å². The summed E-state index contributed by atoms with van der Waals surface area (Å²) in [6.45, 7) is 2.17. The maximum atomic E-state index is 12.4. The monoisotopic (exact) mass is 418 g/mol. The molecule has 0 spiro atoms. The first-order chi connectivity index (χ1) is 14.5. The lowest BCUT2D eigenvalue weighted by atomic mass is 10.1. The lowest BCUT2D eigenvalue weighted by Gasteiger charge is -2.25. The van der Waals surface area contributed by atoms with Crippen LogP contribution in [-0.2, 0) is 4.79 Å². The first-order valence-electron chi connectivity index (χ1n) is 9.42. The molecule has 7 heteroatoms. The lowest BCUT2D eigenvalue weighted by molar-refractivity contribution is -0.117. The third kappa shape index (κ3) is 5.32. The molecule has 1 unspecified atom stereocenters. The van der Waals surface area contributed by atoms with Crippen LogP contribution >= 0.6 is 11.3 Å². The number of benzene rings is 2. The SMILES string of the molecule is CC(c1cccc(NC(=O)c2ccccc2)c1)N(C)CC(=O)Nc1sccc1C#N. The minimum atomic E-state index is -0.183. The molecule has 0 aliphatic carbocycles. The van der Waals surface area contributed by atoms with E-state index in [1.807, 2.05) is 61.3 Å². The molecule has 1 atom stereocenters. The third-order valence-corrected chi connectivity index (χ3v) is 5.59. The van der Waals surface area contributed by atoms with Crippen molar-refractivity contribution in [1.29, 1.82) is 5.26 Å². The van der Waals surface area contributed by atoms with Crippen LogP contribution in [0, 0.1) is 11.3 Å². The second kappa shape index (κ2) is 9.83. The standard InChI is InChI=1S/C23H22N4O2S/c1-16(27(2)15-21(28)26-23-19(14-24)11-12-30-23)18-9-6-10-20(13-18)25-22(29)17-7-4-3-5-8-17/h3-13,16H,15H2,1-2H3,(H,25,29)(H,26,28). The van der Waals surface area contributed by atoms with Crippen LogP contribution in [0.25, 0.3) is 0 Å². The highest BCUT2D eigenvalue weighted by atomic mass is 32.1. The molecule has 2 amide bonds. The van der Waals surface area contributed by atoms with E-state index in [1.165, 1.54) is 11.3 Å². The fraction of sp³-hybridized carbons (Fsp3) is 0.174. The van der Waals surface area contributed by atoms with E-state index in [4.69, 9.17) is 5.26 Å². The molecule has 3 aromatic rings. The Morgan fingerprint density at radius 2 is 1.87 bits per heavy atom. The van der Waals surface area contributed by atoms with Crippen molar-refractivity contribution in [3.05, 3.63) is 82.7 Å². The molecule has 30 heavy (non-hydrogen) atoms. The summed E-state index contributed by atoms with van der Waals surface area (Å²) in [5, 5.41) is 17.1. The molecule has 2 N–H and O–H groups in total. The minimum Gasteiger partial charge on any atom is -0.322 e. The van der Waals surface area contributed by atoms with Crippen molar-refractivity contribution >= 4 is 33.8 Å². The van der Waals surface area contributed by atoms with Gasteiger partial charge in [-0.1, -0.05) is 30.3 Å². The van der Waals surface area contributed by atoms with Gasteiger partial charge in [-0.2, -0.15) is 5.26 Å². The summed E-state index contributed by atoms with van der Waals surface area (Å²) < 4.78 is 0. The normalized spacial score (nSPS) is 11.5. The molecule has 2 aromatic carbocycles. The van der Waals surface area contributed by atoms with Crippen LogP contribution in [0.15, 0.2) is 66.0 Å². The van der Waals surface area contributed by atoms with Crippen molar-refractivity contribution in [3.63, 3.8) is 0 Å². The second-order valence-electron chi connectivity index (χ2n) is 6.86. The molecule has 0 fully saturated rings. The highest BCUT2D eigenvalue weighted by Gasteiger charge is 2.17. The number of nitrogens with zero attached hydrogens (tertiary/aromatic N) is 2. The van der Waals surface area contributed by atoms with Crippen LogP contribution in [0.3, 0.4) is 0 Å². The highest BCUT2D eigenvalue weighted by Crippen LogP contribution is 2.24. The van der Waals surface area contributed by atoms with E-state index in [9.17, 15) is 9.59 Å². The number of amides is 2. The van der Waals surface area contributed by atoms with Gasteiger partial charge in [-0.15, -0.1) is 11.3 Å². The molecule has 0 saturated heterocycles. The maximum absolute atomic E-state index is 12.4. The van der Waals surface area contributed by atoms with Crippen LogP contribution in [0.1, 0.15) is 34.5 Å². The highest BCUT2D eigenvalue weighted by molar-refractivity contribution is 7.14. The average molecular weight is 419 g/mol. The van der Waals surface area contributed by atoms with Crippen LogP contribution in [0.5, 0.6) is 0 Å². The smallest absolute Gasteiger partial charge is 0.255 e. The Bertz CT molecular complexity index is 1070. The van der Waals surface area contributed by atoms with Crippen LogP contribution < -0.4 is 10.6 Å². The summed E-state index contributed by atoms with van der Waals surface area (Å²) >= 11 is 1.33. The van der Waals surface area contributed by atoms with Gasteiger partial charge in [-0.05, 0) is 55.2 Å². The van der Waals surface area contributed by atoms with Crippen molar-refractivity contribution in [2.24, 2.45) is 0 Å². The molecular formula is C23H22N4O2S. The molecule has 0 aliphatic heterocycles.